The summed E-state index contributed by atoms with van der Waals surface area (Å²) in [5, 5.41) is 0. The van der Waals surface area contributed by atoms with E-state index in [1.807, 2.05) is 0 Å². The summed E-state index contributed by atoms with van der Waals surface area (Å²) in [6.07, 6.45) is 0. The van der Waals surface area contributed by atoms with E-state index in [-0.39, 0.29) is 20.3 Å². The molecule has 1 rings (SSSR count). The second kappa shape index (κ2) is 7.56. The third kappa shape index (κ3) is 4.40. The van der Waals surface area contributed by atoms with Crippen LogP contribution in [0.25, 0.3) is 0 Å². The Labute approximate surface area is 134 Å². The molecule has 104 valence electrons. The Morgan fingerprint density at radius 1 is 0.526 bits per heavy atom. The zero-order valence-electron chi connectivity index (χ0n) is 15.5. The Balaban J connectivity index is 0. The second-order valence-electron chi connectivity index (χ2n) is 6.73. The van der Waals surface area contributed by atoms with Crippen LogP contribution >= 0.6 is 0 Å². The predicted octanol–water partition coefficient (Wildman–Crippen LogP) is 3.30. The number of hydrogen-bond donors (Lipinski definition) is 0. The van der Waals surface area contributed by atoms with Crippen LogP contribution in [0.2, 0.25) is 0 Å². The molecule has 0 saturated heterocycles. The molecule has 1 heteroatoms. The minimum atomic E-state index is 0. The van der Waals surface area contributed by atoms with Crippen molar-refractivity contribution in [1.82, 2.24) is 0 Å². The number of rotatable bonds is 4. The molecular formula is C18H31Li. The number of benzene rings is 1. The molecular weight excluding hydrogens is 223 g/mol. The number of hydrogen-bond acceptors (Lipinski definition) is 0. The molecule has 0 fully saturated rings. The third-order valence-corrected chi connectivity index (χ3v) is 3.78. The largest absolute Gasteiger partial charge is 1.00 e. The maximum absolute atomic E-state index is 2.47. The summed E-state index contributed by atoms with van der Waals surface area (Å²) in [5.74, 6) is 2.45. The molecule has 0 N–H and O–H groups in total. The van der Waals surface area contributed by atoms with Crippen molar-refractivity contribution in [2.75, 3.05) is 0 Å². The van der Waals surface area contributed by atoms with Crippen LogP contribution in [0.3, 0.4) is 0 Å². The van der Waals surface area contributed by atoms with E-state index in [0.717, 1.165) is 0 Å². The van der Waals surface area contributed by atoms with Crippen LogP contribution in [0.4, 0.5) is 0 Å². The van der Waals surface area contributed by atoms with Crippen molar-refractivity contribution >= 4 is 0 Å². The van der Waals surface area contributed by atoms with Crippen molar-refractivity contribution < 1.29 is 20.3 Å². The fourth-order valence-corrected chi connectivity index (χ4v) is 2.67. The van der Waals surface area contributed by atoms with Gasteiger partial charge in [-0.15, -0.1) is 0 Å². The minimum absolute atomic E-state index is 0. The predicted molar refractivity (Wildman–Crippen MR) is 83.9 cm³/mol. The molecule has 0 atom stereocenters. The topological polar surface area (TPSA) is 0 Å². The van der Waals surface area contributed by atoms with E-state index in [1.54, 1.807) is 0 Å². The van der Waals surface area contributed by atoms with Gasteiger partial charge in [0.15, 0.2) is 0 Å². The van der Waals surface area contributed by atoms with Crippen molar-refractivity contribution in [2.24, 2.45) is 0 Å². The molecule has 0 amide bonds. The Hall–Kier alpha value is -0.183. The van der Waals surface area contributed by atoms with E-state index >= 15 is 0 Å². The molecule has 19 heavy (non-hydrogen) atoms. The molecule has 0 saturated carbocycles. The Bertz CT molecular complexity index is 332. The van der Waals surface area contributed by atoms with Crippen molar-refractivity contribution in [3.8, 4) is 0 Å². The quantitative estimate of drug-likeness (QED) is 0.723. The Kier molecular flexibility index (Phi) is 7.49. The summed E-state index contributed by atoms with van der Waals surface area (Å²) >= 11 is 0. The molecule has 0 nitrogen and oxygen atoms in total. The monoisotopic (exact) mass is 254 g/mol. The van der Waals surface area contributed by atoms with Gasteiger partial charge in [-0.2, -0.15) is 0 Å². The molecule has 0 bridgehead atoms. The zero-order valence-corrected chi connectivity index (χ0v) is 14.5. The second-order valence-corrected chi connectivity index (χ2v) is 6.73. The van der Waals surface area contributed by atoms with Gasteiger partial charge in [-0.1, -0.05) is 67.5 Å². The minimum Gasteiger partial charge on any atom is -1.00 e. The fraction of sp³-hybridized carbons (Fsp3) is 0.667. The van der Waals surface area contributed by atoms with Crippen molar-refractivity contribution in [3.63, 3.8) is 0 Å². The summed E-state index contributed by atoms with van der Waals surface area (Å²) in [6.45, 7) is 18.4. The molecule has 0 aliphatic rings. The smallest absolute Gasteiger partial charge is 1.00 e. The average Bonchev–Trinajstić information content (AvgIpc) is 2.26. The van der Waals surface area contributed by atoms with Gasteiger partial charge in [0.05, 0.1) is 0 Å². The van der Waals surface area contributed by atoms with E-state index in [1.165, 1.54) is 22.3 Å². The van der Waals surface area contributed by atoms with Gasteiger partial charge in [0.2, 0.25) is 0 Å². The molecule has 1 aromatic carbocycles. The van der Waals surface area contributed by atoms with Gasteiger partial charge in [0, 0.05) is 0 Å². The van der Waals surface area contributed by atoms with Gasteiger partial charge in [0.1, 0.15) is 0 Å². The van der Waals surface area contributed by atoms with Gasteiger partial charge in [0.25, 0.3) is 0 Å². The molecule has 0 radical (unpaired) electrons. The fourth-order valence-electron chi connectivity index (χ4n) is 2.67. The van der Waals surface area contributed by atoms with Gasteiger partial charge in [-0.25, -0.2) is 0 Å². The zero-order chi connectivity index (χ0) is 14.0. The van der Waals surface area contributed by atoms with Gasteiger partial charge >= 0.3 is 18.9 Å². The van der Waals surface area contributed by atoms with E-state index < -0.39 is 0 Å². The average molecular weight is 254 g/mol. The summed E-state index contributed by atoms with van der Waals surface area (Å²) in [6, 6.07) is 4.94. The summed E-state index contributed by atoms with van der Waals surface area (Å²) in [4.78, 5) is 0. The third-order valence-electron chi connectivity index (χ3n) is 3.78. The molecule has 0 aromatic heterocycles. The van der Waals surface area contributed by atoms with Crippen LogP contribution in [-0.4, -0.2) is 0 Å². The standard InChI is InChI=1S/C18H30.Li.H/c1-11(2)15-9-17(13(5)6)18(14(7)8)10-16(15)12(3)4;;/h9-14H,1-8H3;;/q;+1;-1. The maximum Gasteiger partial charge on any atom is 1.00 e. The van der Waals surface area contributed by atoms with Crippen LogP contribution in [0.15, 0.2) is 12.1 Å². The molecule has 0 heterocycles. The summed E-state index contributed by atoms with van der Waals surface area (Å²) in [5.41, 5.74) is 6.16. The van der Waals surface area contributed by atoms with Gasteiger partial charge in [-0.05, 0) is 45.9 Å². The first kappa shape index (κ1) is 18.8. The van der Waals surface area contributed by atoms with Gasteiger partial charge in [-0.3, -0.25) is 0 Å². The first-order chi connectivity index (χ1) is 8.25. The van der Waals surface area contributed by atoms with Gasteiger partial charge < -0.3 is 1.43 Å². The Morgan fingerprint density at radius 3 is 0.789 bits per heavy atom. The molecule has 0 unspecified atom stereocenters. The molecule has 0 aliphatic carbocycles. The Morgan fingerprint density at radius 2 is 0.684 bits per heavy atom. The van der Waals surface area contributed by atoms with E-state index in [9.17, 15) is 0 Å². The SMILES string of the molecule is CC(C)c1cc(C(C)C)c(C(C)C)cc1C(C)C.[H-].[Li+]. The van der Waals surface area contributed by atoms with Crippen molar-refractivity contribution in [3.05, 3.63) is 34.4 Å². The summed E-state index contributed by atoms with van der Waals surface area (Å²) < 4.78 is 0. The molecule has 1 aromatic rings. The summed E-state index contributed by atoms with van der Waals surface area (Å²) in [7, 11) is 0. The van der Waals surface area contributed by atoms with E-state index in [0.29, 0.717) is 23.7 Å². The molecule has 0 spiro atoms. The van der Waals surface area contributed by atoms with Crippen LogP contribution < -0.4 is 18.9 Å². The molecule has 0 aliphatic heterocycles. The van der Waals surface area contributed by atoms with Crippen LogP contribution in [0.5, 0.6) is 0 Å². The van der Waals surface area contributed by atoms with E-state index in [4.69, 9.17) is 0 Å². The maximum atomic E-state index is 2.47. The van der Waals surface area contributed by atoms with E-state index in [2.05, 4.69) is 67.5 Å². The van der Waals surface area contributed by atoms with Crippen LogP contribution in [0, 0.1) is 0 Å². The van der Waals surface area contributed by atoms with Crippen LogP contribution in [-0.2, 0) is 0 Å². The normalized spacial score (nSPS) is 11.6. The van der Waals surface area contributed by atoms with Crippen molar-refractivity contribution in [1.29, 1.82) is 0 Å². The first-order valence-corrected chi connectivity index (χ1v) is 7.43. The van der Waals surface area contributed by atoms with Crippen molar-refractivity contribution in [2.45, 2.75) is 79.1 Å². The van der Waals surface area contributed by atoms with Crippen LogP contribution in [0.1, 0.15) is 103 Å². The first-order valence-electron chi connectivity index (χ1n) is 7.43.